The number of hydrogen-bond donors (Lipinski definition) is 0. The second-order valence-electron chi connectivity index (χ2n) is 11.7. The van der Waals surface area contributed by atoms with Crippen LogP contribution in [0.4, 0.5) is 0 Å². The number of allylic oxidation sites excluding steroid dienone is 1. The van der Waals surface area contributed by atoms with Crippen LogP contribution in [0.25, 0.3) is 21.5 Å². The van der Waals surface area contributed by atoms with Gasteiger partial charge in [-0.1, -0.05) is 50.1 Å². The number of rotatable bonds is 10. The number of benzene rings is 4. The Hall–Kier alpha value is -4.97. The molecule has 0 heterocycles. The minimum atomic E-state index is -0.513. The summed E-state index contributed by atoms with van der Waals surface area (Å²) in [4.78, 5) is 38.0. The lowest BCUT2D eigenvalue weighted by molar-refractivity contribution is -0.128. The van der Waals surface area contributed by atoms with Crippen molar-refractivity contribution in [1.29, 1.82) is 0 Å². The zero-order chi connectivity index (χ0) is 30.8. The van der Waals surface area contributed by atoms with Crippen LogP contribution in [0.3, 0.4) is 0 Å². The molecule has 0 radical (unpaired) electrons. The third-order valence-electron chi connectivity index (χ3n) is 9.04. The van der Waals surface area contributed by atoms with Crippen molar-refractivity contribution < 1.29 is 28.6 Å². The fourth-order valence-electron chi connectivity index (χ4n) is 6.85. The molecule has 6 nitrogen and oxygen atoms in total. The highest BCUT2D eigenvalue weighted by atomic mass is 16.5. The van der Waals surface area contributed by atoms with Crippen LogP contribution >= 0.6 is 0 Å². The summed E-state index contributed by atoms with van der Waals surface area (Å²) in [6.07, 6.45) is 6.73. The Morgan fingerprint density at radius 2 is 1.27 bits per heavy atom. The Balaban J connectivity index is 1.07. The standard InChI is InChI=1S/C38H34O6/c1-4-23(3)42-31-13-10-25-19-30(9-7-27(25)20-31)38(41)44-36-17-16-33-28(12-15-34(33)36)22-35(39)29-8-6-26-21-32(43-37(40)5-2)14-11-24(26)18-29/h4-11,13-14,18-21,28,33-34,36H,1-3,12,15-17,22H2/t28-,33+,34-,36-/m0/s1. The van der Waals surface area contributed by atoms with Gasteiger partial charge in [-0.25, -0.2) is 9.59 Å². The van der Waals surface area contributed by atoms with E-state index in [1.807, 2.05) is 54.6 Å². The van der Waals surface area contributed by atoms with Crippen LogP contribution in [0, 0.1) is 17.8 Å². The lowest BCUT2D eigenvalue weighted by Gasteiger charge is -2.21. The van der Waals surface area contributed by atoms with Crippen molar-refractivity contribution in [2.45, 2.75) is 38.2 Å². The van der Waals surface area contributed by atoms with Crippen LogP contribution in [-0.2, 0) is 9.53 Å². The van der Waals surface area contributed by atoms with Crippen molar-refractivity contribution in [3.63, 3.8) is 0 Å². The van der Waals surface area contributed by atoms with E-state index >= 15 is 0 Å². The van der Waals surface area contributed by atoms with E-state index in [-0.39, 0.29) is 29.7 Å². The molecule has 4 aromatic carbocycles. The van der Waals surface area contributed by atoms with Crippen LogP contribution in [0.1, 0.15) is 52.8 Å². The molecule has 2 fully saturated rings. The van der Waals surface area contributed by atoms with E-state index in [1.165, 1.54) is 0 Å². The predicted octanol–water partition coefficient (Wildman–Crippen LogP) is 8.40. The number of hydrogen-bond acceptors (Lipinski definition) is 6. The molecular weight excluding hydrogens is 552 g/mol. The normalized spacial score (nSPS) is 20.5. The molecule has 2 aliphatic carbocycles. The Morgan fingerprint density at radius 1 is 0.682 bits per heavy atom. The van der Waals surface area contributed by atoms with Gasteiger partial charge in [0, 0.05) is 18.1 Å². The van der Waals surface area contributed by atoms with Crippen LogP contribution in [0.5, 0.6) is 11.5 Å². The van der Waals surface area contributed by atoms with Gasteiger partial charge >= 0.3 is 11.9 Å². The maximum atomic E-state index is 13.3. The van der Waals surface area contributed by atoms with Gasteiger partial charge in [-0.05, 0) is 114 Å². The zero-order valence-electron chi connectivity index (χ0n) is 24.5. The summed E-state index contributed by atoms with van der Waals surface area (Å²) in [6.45, 7) is 10.9. The molecule has 6 heteroatoms. The first-order valence-electron chi connectivity index (χ1n) is 15.0. The van der Waals surface area contributed by atoms with E-state index in [4.69, 9.17) is 14.2 Å². The maximum absolute atomic E-state index is 13.3. The monoisotopic (exact) mass is 586 g/mol. The first kappa shape index (κ1) is 29.1. The first-order valence-corrected chi connectivity index (χ1v) is 15.0. The predicted molar refractivity (Wildman–Crippen MR) is 171 cm³/mol. The smallest absolute Gasteiger partial charge is 0.338 e. The summed E-state index contributed by atoms with van der Waals surface area (Å²) < 4.78 is 16.9. The van der Waals surface area contributed by atoms with Crippen molar-refractivity contribution in [2.75, 3.05) is 0 Å². The molecule has 0 N–H and O–H groups in total. The minimum absolute atomic E-state index is 0.124. The van der Waals surface area contributed by atoms with Crippen LogP contribution < -0.4 is 9.47 Å². The third-order valence-corrected chi connectivity index (χ3v) is 9.04. The molecule has 6 rings (SSSR count). The van der Waals surface area contributed by atoms with Crippen LogP contribution in [-0.4, -0.2) is 23.8 Å². The molecule has 0 unspecified atom stereocenters. The molecule has 2 saturated carbocycles. The van der Waals surface area contributed by atoms with Gasteiger partial charge in [-0.2, -0.15) is 0 Å². The summed E-state index contributed by atoms with van der Waals surface area (Å²) in [5.74, 6) is 1.80. The highest BCUT2D eigenvalue weighted by Crippen LogP contribution is 2.50. The number of ketones is 1. The van der Waals surface area contributed by atoms with E-state index in [0.717, 1.165) is 53.3 Å². The van der Waals surface area contributed by atoms with Crippen molar-refractivity contribution in [3.8, 4) is 11.5 Å². The molecule has 0 bridgehead atoms. The van der Waals surface area contributed by atoms with Crippen molar-refractivity contribution in [3.05, 3.63) is 122 Å². The van der Waals surface area contributed by atoms with Gasteiger partial charge in [0.2, 0.25) is 0 Å². The number of esters is 2. The Kier molecular flexibility index (Phi) is 8.16. The highest BCUT2D eigenvalue weighted by Gasteiger charge is 2.46. The Bertz CT molecular complexity index is 1680. The molecule has 4 atom stereocenters. The second-order valence-corrected chi connectivity index (χ2v) is 11.7. The fourth-order valence-corrected chi connectivity index (χ4v) is 6.85. The average Bonchev–Trinajstić information content (AvgIpc) is 3.63. The molecule has 0 saturated heterocycles. The molecule has 44 heavy (non-hydrogen) atoms. The van der Waals surface area contributed by atoms with Crippen molar-refractivity contribution in [1.82, 2.24) is 0 Å². The molecule has 0 aliphatic heterocycles. The molecule has 2 aliphatic rings. The van der Waals surface area contributed by atoms with Crippen LogP contribution in [0.15, 0.2) is 110 Å². The Morgan fingerprint density at radius 3 is 1.95 bits per heavy atom. The molecule has 0 amide bonds. The lowest BCUT2D eigenvalue weighted by Crippen LogP contribution is -2.24. The number of Topliss-reactive ketones (excluding diaryl/α,β-unsaturated/α-hetero) is 1. The first-order chi connectivity index (χ1) is 21.3. The van der Waals surface area contributed by atoms with Gasteiger partial charge < -0.3 is 14.2 Å². The van der Waals surface area contributed by atoms with E-state index in [1.54, 1.807) is 24.3 Å². The summed E-state index contributed by atoms with van der Waals surface area (Å²) in [5.41, 5.74) is 1.20. The average molecular weight is 587 g/mol. The maximum Gasteiger partial charge on any atom is 0.338 e. The van der Waals surface area contributed by atoms with Gasteiger partial charge in [-0.3, -0.25) is 4.79 Å². The number of carbonyl (C=O) groups excluding carboxylic acids is 3. The number of carbonyl (C=O) groups is 3. The molecular formula is C38H34O6. The summed E-state index contributed by atoms with van der Waals surface area (Å²) in [5, 5.41) is 3.67. The second kappa shape index (κ2) is 12.3. The zero-order valence-corrected chi connectivity index (χ0v) is 24.5. The fraction of sp³-hybridized carbons (Fsp3) is 0.237. The summed E-state index contributed by atoms with van der Waals surface area (Å²) in [6, 6.07) is 22.2. The van der Waals surface area contributed by atoms with Gasteiger partial charge in [0.05, 0.1) is 5.56 Å². The molecule has 0 spiro atoms. The van der Waals surface area contributed by atoms with E-state index < -0.39 is 5.97 Å². The molecule has 222 valence electrons. The van der Waals surface area contributed by atoms with Crippen LogP contribution in [0.2, 0.25) is 0 Å². The quantitative estimate of drug-likeness (QED) is 0.0464. The van der Waals surface area contributed by atoms with Gasteiger partial charge in [0.1, 0.15) is 23.4 Å². The Labute approximate surface area is 256 Å². The summed E-state index contributed by atoms with van der Waals surface area (Å²) >= 11 is 0. The minimum Gasteiger partial charge on any atom is -0.458 e. The van der Waals surface area contributed by atoms with Crippen molar-refractivity contribution >= 4 is 39.3 Å². The summed E-state index contributed by atoms with van der Waals surface area (Å²) in [7, 11) is 0. The number of ether oxygens (including phenoxy) is 3. The molecule has 0 aromatic heterocycles. The highest BCUT2D eigenvalue weighted by molar-refractivity contribution is 6.00. The van der Waals surface area contributed by atoms with Gasteiger partial charge in [0.15, 0.2) is 5.78 Å². The van der Waals surface area contributed by atoms with E-state index in [0.29, 0.717) is 40.7 Å². The third kappa shape index (κ3) is 6.06. The molecule has 4 aromatic rings. The SMILES string of the molecule is C=CC(=C)Oc1ccc2cc(C(=O)O[C@H]3CC[C@@H]4[C@H](CC(=O)c5ccc6cc(OC(=O)C=C)ccc6c5)CC[C@@H]43)ccc2c1. The lowest BCUT2D eigenvalue weighted by atomic mass is 9.86. The largest absolute Gasteiger partial charge is 0.458 e. The van der Waals surface area contributed by atoms with E-state index in [9.17, 15) is 14.4 Å². The van der Waals surface area contributed by atoms with Gasteiger partial charge in [0.25, 0.3) is 0 Å². The topological polar surface area (TPSA) is 78.9 Å². The van der Waals surface area contributed by atoms with Crippen molar-refractivity contribution in [2.24, 2.45) is 17.8 Å². The number of fused-ring (bicyclic) bond motifs is 3. The van der Waals surface area contributed by atoms with Gasteiger partial charge in [-0.15, -0.1) is 0 Å². The van der Waals surface area contributed by atoms with E-state index in [2.05, 4.69) is 19.7 Å².